The van der Waals surface area contributed by atoms with Crippen molar-refractivity contribution in [2.45, 2.75) is 45.3 Å². The van der Waals surface area contributed by atoms with Gasteiger partial charge >= 0.3 is 0 Å². The van der Waals surface area contributed by atoms with Crippen molar-refractivity contribution in [1.29, 1.82) is 0 Å². The van der Waals surface area contributed by atoms with Crippen LogP contribution in [0.5, 0.6) is 5.75 Å². The fraction of sp³-hybridized carbons (Fsp3) is 0.600. The summed E-state index contributed by atoms with van der Waals surface area (Å²) < 4.78 is 5.72. The van der Waals surface area contributed by atoms with E-state index in [1.807, 2.05) is 26.0 Å². The third-order valence-electron chi connectivity index (χ3n) is 3.22. The van der Waals surface area contributed by atoms with Gasteiger partial charge in [-0.1, -0.05) is 17.7 Å². The van der Waals surface area contributed by atoms with Gasteiger partial charge in [0, 0.05) is 12.6 Å². The van der Waals surface area contributed by atoms with Crippen LogP contribution in [0.25, 0.3) is 0 Å². The molecule has 1 aromatic rings. The van der Waals surface area contributed by atoms with Gasteiger partial charge < -0.3 is 15.2 Å². The van der Waals surface area contributed by atoms with E-state index >= 15 is 0 Å². The largest absolute Gasteiger partial charge is 0.490 e. The van der Waals surface area contributed by atoms with E-state index in [-0.39, 0.29) is 0 Å². The maximum Gasteiger partial charge on any atom is 0.122 e. The lowest BCUT2D eigenvalue weighted by Crippen LogP contribution is -2.43. The van der Waals surface area contributed by atoms with E-state index in [9.17, 15) is 5.11 Å². The van der Waals surface area contributed by atoms with E-state index in [0.29, 0.717) is 19.2 Å². The molecule has 0 aliphatic heterocycles. The molecule has 100 valence electrons. The SMILES string of the molecule is Cc1ccc(OCC(C)(O)CNC2CC2)c(C)c1. The van der Waals surface area contributed by atoms with Crippen molar-refractivity contribution < 1.29 is 9.84 Å². The molecule has 1 aliphatic rings. The molecule has 1 unspecified atom stereocenters. The summed E-state index contributed by atoms with van der Waals surface area (Å²) in [4.78, 5) is 0. The van der Waals surface area contributed by atoms with Gasteiger partial charge in [-0.3, -0.25) is 0 Å². The first kappa shape index (κ1) is 13.4. The molecular formula is C15H23NO2. The van der Waals surface area contributed by atoms with E-state index < -0.39 is 5.60 Å². The maximum atomic E-state index is 10.2. The topological polar surface area (TPSA) is 41.5 Å². The minimum Gasteiger partial charge on any atom is -0.490 e. The highest BCUT2D eigenvalue weighted by atomic mass is 16.5. The highest BCUT2D eigenvalue weighted by Crippen LogP contribution is 2.21. The third-order valence-corrected chi connectivity index (χ3v) is 3.22. The first-order valence-corrected chi connectivity index (χ1v) is 6.62. The highest BCUT2D eigenvalue weighted by Gasteiger charge is 2.27. The lowest BCUT2D eigenvalue weighted by molar-refractivity contribution is 0.0118. The number of rotatable bonds is 6. The predicted molar refractivity (Wildman–Crippen MR) is 73.1 cm³/mol. The molecule has 18 heavy (non-hydrogen) atoms. The number of hydrogen-bond donors (Lipinski definition) is 2. The summed E-state index contributed by atoms with van der Waals surface area (Å²) in [5.74, 6) is 0.854. The lowest BCUT2D eigenvalue weighted by atomic mass is 10.1. The Bertz CT molecular complexity index is 411. The second-order valence-electron chi connectivity index (χ2n) is 5.71. The van der Waals surface area contributed by atoms with E-state index in [2.05, 4.69) is 18.3 Å². The molecule has 1 atom stereocenters. The third kappa shape index (κ3) is 4.00. The van der Waals surface area contributed by atoms with Crippen LogP contribution in [0.2, 0.25) is 0 Å². The van der Waals surface area contributed by atoms with Crippen LogP contribution < -0.4 is 10.1 Å². The fourth-order valence-corrected chi connectivity index (χ4v) is 1.90. The van der Waals surface area contributed by atoms with Gasteiger partial charge in [-0.15, -0.1) is 0 Å². The summed E-state index contributed by atoms with van der Waals surface area (Å²) in [6.45, 7) is 6.80. The minimum atomic E-state index is -0.820. The summed E-state index contributed by atoms with van der Waals surface area (Å²) >= 11 is 0. The van der Waals surface area contributed by atoms with Crippen LogP contribution in [0.1, 0.15) is 30.9 Å². The molecule has 0 spiro atoms. The fourth-order valence-electron chi connectivity index (χ4n) is 1.90. The van der Waals surface area contributed by atoms with Crippen molar-refractivity contribution in [1.82, 2.24) is 5.32 Å². The Hall–Kier alpha value is -1.06. The molecule has 0 amide bonds. The number of benzene rings is 1. The predicted octanol–water partition coefficient (Wildman–Crippen LogP) is 2.19. The molecule has 2 N–H and O–H groups in total. The van der Waals surface area contributed by atoms with E-state index in [1.165, 1.54) is 18.4 Å². The van der Waals surface area contributed by atoms with Crippen LogP contribution in [0.3, 0.4) is 0 Å². The van der Waals surface area contributed by atoms with Gasteiger partial charge in [-0.25, -0.2) is 0 Å². The monoisotopic (exact) mass is 249 g/mol. The van der Waals surface area contributed by atoms with Crippen molar-refractivity contribution in [3.8, 4) is 5.75 Å². The quantitative estimate of drug-likeness (QED) is 0.812. The van der Waals surface area contributed by atoms with Gasteiger partial charge in [0.2, 0.25) is 0 Å². The normalized spacial score (nSPS) is 18.4. The molecule has 1 aromatic carbocycles. The standard InChI is InChI=1S/C15H23NO2/c1-11-4-7-14(12(2)8-11)18-10-15(3,17)9-16-13-5-6-13/h4,7-8,13,16-17H,5-6,9-10H2,1-3H3. The molecule has 0 radical (unpaired) electrons. The molecule has 3 nitrogen and oxygen atoms in total. The first-order chi connectivity index (χ1) is 8.46. The van der Waals surface area contributed by atoms with Crippen LogP contribution in [-0.4, -0.2) is 29.9 Å². The lowest BCUT2D eigenvalue weighted by Gasteiger charge is -2.24. The average Bonchev–Trinajstić information content (AvgIpc) is 3.09. The molecular weight excluding hydrogens is 226 g/mol. The summed E-state index contributed by atoms with van der Waals surface area (Å²) in [5.41, 5.74) is 1.52. The summed E-state index contributed by atoms with van der Waals surface area (Å²) in [6, 6.07) is 6.69. The number of aryl methyl sites for hydroxylation is 2. The zero-order chi connectivity index (χ0) is 13.2. The maximum absolute atomic E-state index is 10.2. The molecule has 0 aromatic heterocycles. The number of nitrogens with one attached hydrogen (secondary N) is 1. The van der Waals surface area contributed by atoms with E-state index in [0.717, 1.165) is 11.3 Å². The van der Waals surface area contributed by atoms with Gasteiger partial charge in [0.05, 0.1) is 0 Å². The summed E-state index contributed by atoms with van der Waals surface area (Å²) in [5, 5.41) is 13.5. The Morgan fingerprint density at radius 1 is 1.39 bits per heavy atom. The van der Waals surface area contributed by atoms with Crippen molar-refractivity contribution in [3.63, 3.8) is 0 Å². The number of ether oxygens (including phenoxy) is 1. The van der Waals surface area contributed by atoms with Gasteiger partial charge in [-0.05, 0) is 45.2 Å². The molecule has 1 aliphatic carbocycles. The van der Waals surface area contributed by atoms with Gasteiger partial charge in [0.15, 0.2) is 0 Å². The highest BCUT2D eigenvalue weighted by molar-refractivity contribution is 5.35. The van der Waals surface area contributed by atoms with Crippen LogP contribution >= 0.6 is 0 Å². The Morgan fingerprint density at radius 3 is 2.72 bits per heavy atom. The van der Waals surface area contributed by atoms with Crippen LogP contribution in [0, 0.1) is 13.8 Å². The second kappa shape index (κ2) is 5.29. The molecule has 2 rings (SSSR count). The number of hydrogen-bond acceptors (Lipinski definition) is 3. The van der Waals surface area contributed by atoms with Crippen LogP contribution in [0.15, 0.2) is 18.2 Å². The van der Waals surface area contributed by atoms with Crippen molar-refractivity contribution in [2.75, 3.05) is 13.2 Å². The Labute approximate surface area is 109 Å². The van der Waals surface area contributed by atoms with Crippen LogP contribution in [0.4, 0.5) is 0 Å². The van der Waals surface area contributed by atoms with Crippen LogP contribution in [-0.2, 0) is 0 Å². The van der Waals surface area contributed by atoms with E-state index in [1.54, 1.807) is 0 Å². The van der Waals surface area contributed by atoms with Gasteiger partial charge in [0.25, 0.3) is 0 Å². The summed E-state index contributed by atoms with van der Waals surface area (Å²) in [6.07, 6.45) is 2.46. The molecule has 3 heteroatoms. The Morgan fingerprint density at radius 2 is 2.11 bits per heavy atom. The zero-order valence-corrected chi connectivity index (χ0v) is 11.5. The molecule has 0 heterocycles. The van der Waals surface area contributed by atoms with Gasteiger partial charge in [-0.2, -0.15) is 0 Å². The van der Waals surface area contributed by atoms with Gasteiger partial charge in [0.1, 0.15) is 18.0 Å². The minimum absolute atomic E-state index is 0.316. The van der Waals surface area contributed by atoms with Crippen molar-refractivity contribution in [3.05, 3.63) is 29.3 Å². The van der Waals surface area contributed by atoms with Crippen molar-refractivity contribution in [2.24, 2.45) is 0 Å². The Balaban J connectivity index is 1.84. The van der Waals surface area contributed by atoms with Crippen molar-refractivity contribution >= 4 is 0 Å². The zero-order valence-electron chi connectivity index (χ0n) is 11.5. The molecule has 0 saturated heterocycles. The van der Waals surface area contributed by atoms with E-state index in [4.69, 9.17) is 4.74 Å². The summed E-state index contributed by atoms with van der Waals surface area (Å²) in [7, 11) is 0. The Kier molecular flexibility index (Phi) is 3.93. The molecule has 0 bridgehead atoms. The average molecular weight is 249 g/mol. The molecule has 1 saturated carbocycles. The molecule has 1 fully saturated rings. The first-order valence-electron chi connectivity index (χ1n) is 6.62. The second-order valence-corrected chi connectivity index (χ2v) is 5.71. The smallest absolute Gasteiger partial charge is 0.122 e. The number of aliphatic hydroxyl groups is 1.